The smallest absolute Gasteiger partial charge is 0.265 e. The molecule has 1 aliphatic heterocycles. The SMILES string of the molecule is Cc1nc(CN2C(=O)COc3cc(S(=O)(=O)Nc4ccccc4C)c(C)cc32)no1. The van der Waals surface area contributed by atoms with Gasteiger partial charge in [0.05, 0.1) is 22.8 Å². The number of aromatic nitrogens is 2. The molecule has 4 rings (SSSR count). The monoisotopic (exact) mass is 428 g/mol. The average Bonchev–Trinajstić information content (AvgIpc) is 3.10. The number of ether oxygens (including phenoxy) is 1. The van der Waals surface area contributed by atoms with Crippen LogP contribution in [0.25, 0.3) is 0 Å². The first-order valence-corrected chi connectivity index (χ1v) is 10.7. The van der Waals surface area contributed by atoms with Crippen LogP contribution < -0.4 is 14.4 Å². The van der Waals surface area contributed by atoms with Crippen molar-refractivity contribution in [2.75, 3.05) is 16.2 Å². The average molecular weight is 428 g/mol. The first-order chi connectivity index (χ1) is 14.2. The molecule has 1 N–H and O–H groups in total. The number of carbonyl (C=O) groups is 1. The van der Waals surface area contributed by atoms with Crippen LogP contribution in [0.5, 0.6) is 5.75 Å². The molecular formula is C20H20N4O5S. The van der Waals surface area contributed by atoms with E-state index in [9.17, 15) is 13.2 Å². The minimum atomic E-state index is -3.86. The summed E-state index contributed by atoms with van der Waals surface area (Å²) >= 11 is 0. The number of benzene rings is 2. The molecule has 0 saturated carbocycles. The quantitative estimate of drug-likeness (QED) is 0.664. The Morgan fingerprint density at radius 1 is 1.13 bits per heavy atom. The van der Waals surface area contributed by atoms with Gasteiger partial charge in [0.25, 0.3) is 15.9 Å². The van der Waals surface area contributed by atoms with Crippen LogP contribution in [0.15, 0.2) is 45.8 Å². The molecule has 2 aromatic carbocycles. The van der Waals surface area contributed by atoms with E-state index in [4.69, 9.17) is 9.26 Å². The van der Waals surface area contributed by atoms with E-state index in [2.05, 4.69) is 14.9 Å². The standard InChI is InChI=1S/C20H20N4O5S/c1-12-6-4-5-7-15(12)23-30(26,27)18-9-17-16(8-13(18)2)24(20(25)11-28-17)10-19-21-14(3)29-22-19/h4-9,23H,10-11H2,1-3H3. The molecule has 0 bridgehead atoms. The highest BCUT2D eigenvalue weighted by Gasteiger charge is 2.30. The molecule has 1 amide bonds. The zero-order chi connectivity index (χ0) is 21.5. The van der Waals surface area contributed by atoms with Crippen LogP contribution in [0.1, 0.15) is 22.8 Å². The van der Waals surface area contributed by atoms with Crippen molar-refractivity contribution in [1.82, 2.24) is 10.1 Å². The molecule has 0 saturated heterocycles. The number of anilines is 2. The number of para-hydroxylation sites is 1. The largest absolute Gasteiger partial charge is 0.482 e. The van der Waals surface area contributed by atoms with Gasteiger partial charge in [0.15, 0.2) is 12.4 Å². The molecule has 1 aromatic heterocycles. The molecule has 1 aliphatic rings. The molecule has 156 valence electrons. The number of hydrogen-bond donors (Lipinski definition) is 1. The third-order valence-electron chi connectivity index (χ3n) is 4.75. The van der Waals surface area contributed by atoms with Crippen LogP contribution >= 0.6 is 0 Å². The molecule has 0 unspecified atom stereocenters. The Bertz CT molecular complexity index is 1240. The van der Waals surface area contributed by atoms with Gasteiger partial charge in [0, 0.05) is 13.0 Å². The van der Waals surface area contributed by atoms with Crippen molar-refractivity contribution in [2.45, 2.75) is 32.2 Å². The normalized spacial score (nSPS) is 13.7. The van der Waals surface area contributed by atoms with Crippen LogP contribution in [0.2, 0.25) is 0 Å². The van der Waals surface area contributed by atoms with Gasteiger partial charge in [0.2, 0.25) is 5.89 Å². The molecular weight excluding hydrogens is 408 g/mol. The molecule has 30 heavy (non-hydrogen) atoms. The summed E-state index contributed by atoms with van der Waals surface area (Å²) in [4.78, 5) is 18.1. The third-order valence-corrected chi connectivity index (χ3v) is 6.26. The van der Waals surface area contributed by atoms with Crippen molar-refractivity contribution >= 4 is 27.3 Å². The number of hydrogen-bond acceptors (Lipinski definition) is 7. The van der Waals surface area contributed by atoms with Crippen LogP contribution in [0, 0.1) is 20.8 Å². The molecule has 10 heteroatoms. The Morgan fingerprint density at radius 3 is 2.60 bits per heavy atom. The van der Waals surface area contributed by atoms with E-state index in [-0.39, 0.29) is 24.0 Å². The molecule has 3 aromatic rings. The lowest BCUT2D eigenvalue weighted by molar-refractivity contribution is -0.121. The summed E-state index contributed by atoms with van der Waals surface area (Å²) in [6, 6.07) is 10.2. The maximum atomic E-state index is 13.0. The summed E-state index contributed by atoms with van der Waals surface area (Å²) in [5.41, 5.74) is 2.24. The fourth-order valence-electron chi connectivity index (χ4n) is 3.23. The Balaban J connectivity index is 1.70. The Kier molecular flexibility index (Phi) is 4.94. The molecule has 0 fully saturated rings. The fraction of sp³-hybridized carbons (Fsp3) is 0.250. The zero-order valence-corrected chi connectivity index (χ0v) is 17.5. The van der Waals surface area contributed by atoms with Gasteiger partial charge in [-0.25, -0.2) is 8.42 Å². The van der Waals surface area contributed by atoms with E-state index in [0.29, 0.717) is 34.4 Å². The summed E-state index contributed by atoms with van der Waals surface area (Å²) in [5.74, 6) is 0.763. The lowest BCUT2D eigenvalue weighted by Gasteiger charge is -2.29. The summed E-state index contributed by atoms with van der Waals surface area (Å²) in [6.45, 7) is 5.04. The van der Waals surface area contributed by atoms with E-state index >= 15 is 0 Å². The van der Waals surface area contributed by atoms with E-state index < -0.39 is 10.0 Å². The van der Waals surface area contributed by atoms with Gasteiger partial charge in [0.1, 0.15) is 5.75 Å². The minimum absolute atomic E-state index is 0.0780. The van der Waals surface area contributed by atoms with Crippen LogP contribution in [0.3, 0.4) is 0 Å². The molecule has 9 nitrogen and oxygen atoms in total. The molecule has 0 atom stereocenters. The summed E-state index contributed by atoms with van der Waals surface area (Å²) in [6.07, 6.45) is 0. The van der Waals surface area contributed by atoms with E-state index in [1.807, 2.05) is 19.1 Å². The Morgan fingerprint density at radius 2 is 1.90 bits per heavy atom. The van der Waals surface area contributed by atoms with Crippen molar-refractivity contribution in [2.24, 2.45) is 0 Å². The number of carbonyl (C=O) groups excluding carboxylic acids is 1. The molecule has 0 radical (unpaired) electrons. The second-order valence-electron chi connectivity index (χ2n) is 7.00. The van der Waals surface area contributed by atoms with Crippen molar-refractivity contribution in [3.8, 4) is 5.75 Å². The maximum absolute atomic E-state index is 13.0. The number of fused-ring (bicyclic) bond motifs is 1. The third kappa shape index (κ3) is 3.73. The number of aryl methyl sites for hydroxylation is 3. The highest BCUT2D eigenvalue weighted by Crippen LogP contribution is 2.37. The van der Waals surface area contributed by atoms with Gasteiger partial charge in [-0.1, -0.05) is 23.4 Å². The predicted molar refractivity (Wildman–Crippen MR) is 109 cm³/mol. The minimum Gasteiger partial charge on any atom is -0.482 e. The number of sulfonamides is 1. The number of amides is 1. The second kappa shape index (κ2) is 7.45. The number of nitrogens with one attached hydrogen (secondary N) is 1. The molecule has 2 heterocycles. The summed E-state index contributed by atoms with van der Waals surface area (Å²) in [7, 11) is -3.86. The summed E-state index contributed by atoms with van der Waals surface area (Å²) < 4.78 is 39.1. The van der Waals surface area contributed by atoms with Gasteiger partial charge in [-0.3, -0.25) is 14.4 Å². The van der Waals surface area contributed by atoms with Crippen molar-refractivity contribution in [3.63, 3.8) is 0 Å². The van der Waals surface area contributed by atoms with Crippen LogP contribution in [-0.2, 0) is 21.4 Å². The van der Waals surface area contributed by atoms with Crippen molar-refractivity contribution < 1.29 is 22.5 Å². The van der Waals surface area contributed by atoms with E-state index in [1.165, 1.54) is 11.0 Å². The van der Waals surface area contributed by atoms with Gasteiger partial charge >= 0.3 is 0 Å². The Hall–Kier alpha value is -3.40. The van der Waals surface area contributed by atoms with Gasteiger partial charge < -0.3 is 9.26 Å². The second-order valence-corrected chi connectivity index (χ2v) is 8.65. The van der Waals surface area contributed by atoms with Crippen LogP contribution in [-0.4, -0.2) is 31.1 Å². The van der Waals surface area contributed by atoms with Crippen molar-refractivity contribution in [1.29, 1.82) is 0 Å². The summed E-state index contributed by atoms with van der Waals surface area (Å²) in [5, 5.41) is 3.82. The first kappa shape index (κ1) is 19.9. The van der Waals surface area contributed by atoms with E-state index in [1.54, 1.807) is 32.0 Å². The number of rotatable bonds is 5. The van der Waals surface area contributed by atoms with Crippen LogP contribution in [0.4, 0.5) is 11.4 Å². The lowest BCUT2D eigenvalue weighted by Crippen LogP contribution is -2.38. The van der Waals surface area contributed by atoms with Gasteiger partial charge in [-0.15, -0.1) is 0 Å². The fourth-order valence-corrected chi connectivity index (χ4v) is 4.60. The van der Waals surface area contributed by atoms with Gasteiger partial charge in [-0.2, -0.15) is 4.98 Å². The van der Waals surface area contributed by atoms with E-state index in [0.717, 1.165) is 5.56 Å². The Labute approximate surface area is 173 Å². The highest BCUT2D eigenvalue weighted by atomic mass is 32.2. The number of nitrogens with zero attached hydrogens (tertiary/aromatic N) is 3. The topological polar surface area (TPSA) is 115 Å². The maximum Gasteiger partial charge on any atom is 0.265 e. The predicted octanol–water partition coefficient (Wildman–Crippen LogP) is 2.72. The zero-order valence-electron chi connectivity index (χ0n) is 16.7. The van der Waals surface area contributed by atoms with Crippen molar-refractivity contribution in [3.05, 3.63) is 59.2 Å². The molecule has 0 aliphatic carbocycles. The van der Waals surface area contributed by atoms with Gasteiger partial charge in [-0.05, 0) is 37.1 Å². The highest BCUT2D eigenvalue weighted by molar-refractivity contribution is 7.92. The molecule has 0 spiro atoms. The lowest BCUT2D eigenvalue weighted by atomic mass is 10.1. The first-order valence-electron chi connectivity index (χ1n) is 9.20.